The van der Waals surface area contributed by atoms with Crippen LogP contribution in [-0.4, -0.2) is 55.2 Å². The molecule has 3 aromatic rings. The van der Waals surface area contributed by atoms with Crippen molar-refractivity contribution in [3.63, 3.8) is 0 Å². The van der Waals surface area contributed by atoms with Crippen molar-refractivity contribution in [2.75, 3.05) is 26.3 Å². The smallest absolute Gasteiger partial charge is 0.309 e. The van der Waals surface area contributed by atoms with Crippen molar-refractivity contribution in [2.45, 2.75) is 30.8 Å². The molecule has 184 valence electrons. The lowest BCUT2D eigenvalue weighted by Crippen LogP contribution is -2.40. The summed E-state index contributed by atoms with van der Waals surface area (Å²) in [4.78, 5) is 12.7. The summed E-state index contributed by atoms with van der Waals surface area (Å²) in [7, 11) is -3.72. The Morgan fingerprint density at radius 3 is 2.51 bits per heavy atom. The molecule has 35 heavy (non-hydrogen) atoms. The third-order valence-corrected chi connectivity index (χ3v) is 7.86. The molecular weight excluding hydrogens is 474 g/mol. The summed E-state index contributed by atoms with van der Waals surface area (Å²) < 4.78 is 49.8. The highest BCUT2D eigenvalue weighted by molar-refractivity contribution is 7.89. The van der Waals surface area contributed by atoms with Gasteiger partial charge in [0, 0.05) is 31.1 Å². The Morgan fingerprint density at radius 2 is 1.74 bits per heavy atom. The number of ether oxygens (including phenoxy) is 3. The molecule has 0 unspecified atom stereocenters. The molecule has 3 heterocycles. The standard InChI is InChI=1S/C24H25N3O7S/c28-24(33-16-22-25-26-23(34-22)17-5-2-1-3-6-17)18-9-11-27(12-10-18)35(29,30)19-7-8-20-21(15-19)32-14-4-13-31-20/h1-3,5-8,15,18H,4,9-14,16H2. The molecule has 0 saturated carbocycles. The SMILES string of the molecule is O=C(OCc1nnc(-c2ccccc2)o1)C1CCN(S(=O)(=O)c2ccc3c(c2)OCCCO3)CC1. The van der Waals surface area contributed by atoms with E-state index in [1.165, 1.54) is 16.4 Å². The van der Waals surface area contributed by atoms with E-state index >= 15 is 0 Å². The Hall–Kier alpha value is -3.44. The van der Waals surface area contributed by atoms with Crippen molar-refractivity contribution < 1.29 is 31.8 Å². The second kappa shape index (κ2) is 10.0. The van der Waals surface area contributed by atoms with Gasteiger partial charge in [0.25, 0.3) is 5.89 Å². The molecule has 1 fully saturated rings. The number of rotatable bonds is 6. The fourth-order valence-electron chi connectivity index (χ4n) is 4.05. The Bertz CT molecular complexity index is 1290. The molecule has 5 rings (SSSR count). The number of nitrogens with zero attached hydrogens (tertiary/aromatic N) is 3. The van der Waals surface area contributed by atoms with Gasteiger partial charge >= 0.3 is 5.97 Å². The number of carbonyl (C=O) groups is 1. The predicted molar refractivity (Wildman–Crippen MR) is 123 cm³/mol. The average molecular weight is 500 g/mol. The first-order valence-electron chi connectivity index (χ1n) is 11.4. The van der Waals surface area contributed by atoms with Crippen LogP contribution in [0.2, 0.25) is 0 Å². The topological polar surface area (TPSA) is 121 Å². The second-order valence-electron chi connectivity index (χ2n) is 8.31. The molecule has 0 spiro atoms. The first kappa shape index (κ1) is 23.3. The second-order valence-corrected chi connectivity index (χ2v) is 10.3. The van der Waals surface area contributed by atoms with E-state index in [1.807, 2.05) is 30.3 Å². The van der Waals surface area contributed by atoms with Gasteiger partial charge in [-0.1, -0.05) is 18.2 Å². The van der Waals surface area contributed by atoms with Crippen molar-refractivity contribution in [1.82, 2.24) is 14.5 Å². The zero-order valence-electron chi connectivity index (χ0n) is 19.0. The number of esters is 1. The van der Waals surface area contributed by atoms with Gasteiger partial charge in [-0.15, -0.1) is 10.2 Å². The summed E-state index contributed by atoms with van der Waals surface area (Å²) in [6.45, 7) is 1.31. The number of hydrogen-bond acceptors (Lipinski definition) is 9. The summed E-state index contributed by atoms with van der Waals surface area (Å²) in [6.07, 6.45) is 1.46. The van der Waals surface area contributed by atoms with E-state index in [0.717, 1.165) is 12.0 Å². The summed E-state index contributed by atoms with van der Waals surface area (Å²) in [5, 5.41) is 7.90. The summed E-state index contributed by atoms with van der Waals surface area (Å²) in [5.74, 6) is 0.717. The zero-order valence-corrected chi connectivity index (χ0v) is 19.8. The maximum Gasteiger partial charge on any atom is 0.309 e. The minimum Gasteiger partial charge on any atom is -0.490 e. The minimum atomic E-state index is -3.72. The van der Waals surface area contributed by atoms with Gasteiger partial charge in [0.05, 0.1) is 24.0 Å². The first-order valence-corrected chi connectivity index (χ1v) is 12.9. The van der Waals surface area contributed by atoms with Crippen LogP contribution in [0.15, 0.2) is 57.8 Å². The molecule has 1 saturated heterocycles. The monoisotopic (exact) mass is 499 g/mol. The number of aromatic nitrogens is 2. The van der Waals surface area contributed by atoms with Gasteiger partial charge in [0.1, 0.15) is 0 Å². The van der Waals surface area contributed by atoms with Gasteiger partial charge < -0.3 is 18.6 Å². The first-order chi connectivity index (χ1) is 17.0. The van der Waals surface area contributed by atoms with E-state index in [9.17, 15) is 13.2 Å². The van der Waals surface area contributed by atoms with E-state index in [2.05, 4.69) is 10.2 Å². The van der Waals surface area contributed by atoms with Crippen LogP contribution in [0.4, 0.5) is 0 Å². The summed E-state index contributed by atoms with van der Waals surface area (Å²) in [6, 6.07) is 14.0. The number of benzene rings is 2. The highest BCUT2D eigenvalue weighted by Crippen LogP contribution is 2.34. The molecule has 0 atom stereocenters. The van der Waals surface area contributed by atoms with Crippen LogP contribution in [-0.2, 0) is 26.2 Å². The normalized spacial score (nSPS) is 17.0. The third-order valence-electron chi connectivity index (χ3n) is 5.97. The van der Waals surface area contributed by atoms with Crippen molar-refractivity contribution in [2.24, 2.45) is 5.92 Å². The molecule has 0 N–H and O–H groups in total. The van der Waals surface area contributed by atoms with Gasteiger partial charge in [-0.05, 0) is 37.1 Å². The predicted octanol–water partition coefficient (Wildman–Crippen LogP) is 3.04. The molecule has 0 radical (unpaired) electrons. The number of piperidine rings is 1. The summed E-state index contributed by atoms with van der Waals surface area (Å²) >= 11 is 0. The van der Waals surface area contributed by atoms with Gasteiger partial charge in [0.2, 0.25) is 15.9 Å². The van der Waals surface area contributed by atoms with Crippen LogP contribution in [0.25, 0.3) is 11.5 Å². The number of fused-ring (bicyclic) bond motifs is 1. The molecular formula is C24H25N3O7S. The molecule has 2 aliphatic rings. The van der Waals surface area contributed by atoms with E-state index in [4.69, 9.17) is 18.6 Å². The highest BCUT2D eigenvalue weighted by Gasteiger charge is 2.33. The molecule has 1 aromatic heterocycles. The van der Waals surface area contributed by atoms with Gasteiger partial charge in [-0.3, -0.25) is 4.79 Å². The van der Waals surface area contributed by atoms with E-state index < -0.39 is 21.9 Å². The van der Waals surface area contributed by atoms with Crippen LogP contribution in [0.1, 0.15) is 25.2 Å². The number of hydrogen-bond donors (Lipinski definition) is 0. The molecule has 2 aliphatic heterocycles. The average Bonchev–Trinajstić information content (AvgIpc) is 3.25. The molecule has 0 bridgehead atoms. The fraction of sp³-hybridized carbons (Fsp3) is 0.375. The lowest BCUT2D eigenvalue weighted by atomic mass is 9.98. The van der Waals surface area contributed by atoms with E-state index in [-0.39, 0.29) is 30.5 Å². The Morgan fingerprint density at radius 1 is 1.00 bits per heavy atom. The Balaban J connectivity index is 1.15. The molecule has 2 aromatic carbocycles. The van der Waals surface area contributed by atoms with Crippen molar-refractivity contribution in [1.29, 1.82) is 0 Å². The molecule has 11 heteroatoms. The van der Waals surface area contributed by atoms with Crippen LogP contribution in [0.3, 0.4) is 0 Å². The lowest BCUT2D eigenvalue weighted by molar-refractivity contribution is -0.151. The van der Waals surface area contributed by atoms with Crippen molar-refractivity contribution in [3.8, 4) is 23.0 Å². The summed E-state index contributed by atoms with van der Waals surface area (Å²) in [5.41, 5.74) is 0.778. The quantitative estimate of drug-likeness (QED) is 0.471. The van der Waals surface area contributed by atoms with Gasteiger partial charge in [-0.2, -0.15) is 4.31 Å². The molecule has 0 amide bonds. The minimum absolute atomic E-state index is 0.131. The highest BCUT2D eigenvalue weighted by atomic mass is 32.2. The largest absolute Gasteiger partial charge is 0.490 e. The number of carbonyl (C=O) groups excluding carboxylic acids is 1. The Kier molecular flexibility index (Phi) is 6.69. The third kappa shape index (κ3) is 5.15. The van der Waals surface area contributed by atoms with Crippen LogP contribution < -0.4 is 9.47 Å². The van der Waals surface area contributed by atoms with E-state index in [1.54, 1.807) is 6.07 Å². The van der Waals surface area contributed by atoms with Crippen molar-refractivity contribution in [3.05, 3.63) is 54.4 Å². The molecule has 10 nitrogen and oxygen atoms in total. The Labute approximate surface area is 202 Å². The van der Waals surface area contributed by atoms with E-state index in [0.29, 0.717) is 43.4 Å². The maximum absolute atomic E-state index is 13.2. The van der Waals surface area contributed by atoms with Gasteiger partial charge in [-0.25, -0.2) is 8.42 Å². The van der Waals surface area contributed by atoms with Crippen LogP contribution >= 0.6 is 0 Å². The lowest BCUT2D eigenvalue weighted by Gasteiger charge is -2.30. The van der Waals surface area contributed by atoms with Crippen LogP contribution in [0, 0.1) is 5.92 Å². The fourth-order valence-corrected chi connectivity index (χ4v) is 5.53. The molecule has 0 aliphatic carbocycles. The number of sulfonamides is 1. The zero-order chi connectivity index (χ0) is 24.3. The van der Waals surface area contributed by atoms with Crippen LogP contribution in [0.5, 0.6) is 11.5 Å². The van der Waals surface area contributed by atoms with Crippen molar-refractivity contribution >= 4 is 16.0 Å². The maximum atomic E-state index is 13.2. The van der Waals surface area contributed by atoms with Gasteiger partial charge in [0.15, 0.2) is 18.1 Å².